The van der Waals surface area contributed by atoms with Crippen molar-refractivity contribution in [3.8, 4) is 22.7 Å². The van der Waals surface area contributed by atoms with Crippen molar-refractivity contribution in [1.29, 1.82) is 0 Å². The van der Waals surface area contributed by atoms with Gasteiger partial charge in [0.15, 0.2) is 6.23 Å². The molecule has 1 fully saturated rings. The predicted octanol–water partition coefficient (Wildman–Crippen LogP) is 2.51. The van der Waals surface area contributed by atoms with Crippen molar-refractivity contribution in [1.82, 2.24) is 25.6 Å². The van der Waals surface area contributed by atoms with Crippen molar-refractivity contribution in [2.75, 3.05) is 6.54 Å². The number of aromatic nitrogens is 3. The zero-order valence-electron chi connectivity index (χ0n) is 12.1. The van der Waals surface area contributed by atoms with Crippen molar-refractivity contribution in [3.63, 3.8) is 0 Å². The first-order chi connectivity index (χ1) is 11.3. The van der Waals surface area contributed by atoms with Crippen molar-refractivity contribution >= 4 is 15.9 Å². The summed E-state index contributed by atoms with van der Waals surface area (Å²) in [6.07, 6.45) is 5.51. The highest BCUT2D eigenvalue weighted by atomic mass is 79.9. The number of halogens is 1. The molecule has 1 atom stereocenters. The Bertz CT molecular complexity index is 799. The molecule has 0 aliphatic carbocycles. The van der Waals surface area contributed by atoms with Crippen molar-refractivity contribution in [2.24, 2.45) is 0 Å². The van der Waals surface area contributed by atoms with E-state index in [-0.39, 0.29) is 6.23 Å². The molecule has 116 valence electrons. The Balaban J connectivity index is 1.58. The molecular weight excluding hydrogens is 358 g/mol. The molecule has 7 heteroatoms. The number of nitrogens with zero attached hydrogens (tertiary/aromatic N) is 3. The van der Waals surface area contributed by atoms with E-state index in [1.807, 2.05) is 47.3 Å². The third-order valence-electron chi connectivity index (χ3n) is 3.55. The van der Waals surface area contributed by atoms with Crippen LogP contribution in [0.4, 0.5) is 0 Å². The maximum Gasteiger partial charge on any atom is 0.176 e. The lowest BCUT2D eigenvalue weighted by Gasteiger charge is -2.29. The smallest absolute Gasteiger partial charge is 0.176 e. The summed E-state index contributed by atoms with van der Waals surface area (Å²) >= 11 is 3.57. The van der Waals surface area contributed by atoms with Gasteiger partial charge in [0.1, 0.15) is 11.4 Å². The minimum absolute atomic E-state index is 0.0398. The SMILES string of the molecule is Brc1cn(-c2ccc(OC3CNN3)cc2)nc1-c1ccncc1. The van der Waals surface area contributed by atoms with E-state index in [2.05, 4.69) is 36.9 Å². The molecule has 3 heterocycles. The van der Waals surface area contributed by atoms with E-state index in [9.17, 15) is 0 Å². The lowest BCUT2D eigenvalue weighted by Crippen LogP contribution is -2.61. The van der Waals surface area contributed by atoms with E-state index in [4.69, 9.17) is 4.74 Å². The van der Waals surface area contributed by atoms with Gasteiger partial charge in [-0.25, -0.2) is 15.5 Å². The number of nitrogens with one attached hydrogen (secondary N) is 2. The van der Waals surface area contributed by atoms with E-state index in [1.54, 1.807) is 12.4 Å². The summed E-state index contributed by atoms with van der Waals surface area (Å²) in [5, 5.41) is 4.65. The van der Waals surface area contributed by atoms with Crippen molar-refractivity contribution in [3.05, 3.63) is 59.5 Å². The third-order valence-corrected chi connectivity index (χ3v) is 4.13. The lowest BCUT2D eigenvalue weighted by molar-refractivity contribution is 0.0734. The van der Waals surface area contributed by atoms with Crippen LogP contribution in [0.3, 0.4) is 0 Å². The molecule has 23 heavy (non-hydrogen) atoms. The van der Waals surface area contributed by atoms with E-state index in [0.717, 1.165) is 33.7 Å². The first-order valence-electron chi connectivity index (χ1n) is 7.21. The number of ether oxygens (including phenoxy) is 1. The molecule has 1 aliphatic rings. The molecule has 2 aromatic heterocycles. The van der Waals surface area contributed by atoms with Crippen LogP contribution in [-0.2, 0) is 0 Å². The fraction of sp³-hybridized carbons (Fsp3) is 0.125. The minimum Gasteiger partial charge on any atom is -0.473 e. The molecule has 0 bridgehead atoms. The van der Waals surface area contributed by atoms with E-state index in [1.165, 1.54) is 0 Å². The third kappa shape index (κ3) is 2.98. The van der Waals surface area contributed by atoms with Gasteiger partial charge in [-0.15, -0.1) is 0 Å². The zero-order chi connectivity index (χ0) is 15.6. The van der Waals surface area contributed by atoms with Crippen LogP contribution in [0.1, 0.15) is 0 Å². The van der Waals surface area contributed by atoms with Gasteiger partial charge >= 0.3 is 0 Å². The molecule has 2 N–H and O–H groups in total. The molecule has 0 radical (unpaired) electrons. The lowest BCUT2D eigenvalue weighted by atomic mass is 10.2. The molecule has 4 rings (SSSR count). The first kappa shape index (κ1) is 14.4. The van der Waals surface area contributed by atoms with Gasteiger partial charge in [-0.2, -0.15) is 5.10 Å². The van der Waals surface area contributed by atoms with Gasteiger partial charge < -0.3 is 4.74 Å². The first-order valence-corrected chi connectivity index (χ1v) is 8.00. The summed E-state index contributed by atoms with van der Waals surface area (Å²) in [6.45, 7) is 0.809. The topological polar surface area (TPSA) is 64.0 Å². The summed E-state index contributed by atoms with van der Waals surface area (Å²) in [4.78, 5) is 4.04. The standard InChI is InChI=1S/C16H14BrN5O/c17-14-10-22(21-16(14)11-5-7-18-8-6-11)12-1-3-13(4-2-12)23-15-9-19-20-15/h1-8,10,15,19-20H,9H2. The van der Waals surface area contributed by atoms with Gasteiger partial charge in [0, 0.05) is 24.2 Å². The summed E-state index contributed by atoms with van der Waals surface area (Å²) in [5.74, 6) is 0.827. The number of hydrogen-bond donors (Lipinski definition) is 2. The van der Waals surface area contributed by atoms with Gasteiger partial charge in [-0.3, -0.25) is 4.98 Å². The molecule has 6 nitrogen and oxygen atoms in total. The van der Waals surface area contributed by atoms with Crippen LogP contribution in [0.25, 0.3) is 16.9 Å². The van der Waals surface area contributed by atoms with Crippen LogP contribution in [-0.4, -0.2) is 27.5 Å². The summed E-state index contributed by atoms with van der Waals surface area (Å²) < 4.78 is 8.50. The highest BCUT2D eigenvalue weighted by Gasteiger charge is 2.17. The number of hydrogen-bond acceptors (Lipinski definition) is 5. The quantitative estimate of drug-likeness (QED) is 0.737. The molecule has 1 aromatic carbocycles. The Hall–Kier alpha value is -2.22. The average Bonchev–Trinajstić information content (AvgIpc) is 2.94. The van der Waals surface area contributed by atoms with Crippen LogP contribution in [0.15, 0.2) is 59.5 Å². The molecular formula is C16H14BrN5O. The molecule has 1 saturated heterocycles. The van der Waals surface area contributed by atoms with Gasteiger partial charge in [0.05, 0.1) is 16.7 Å². The monoisotopic (exact) mass is 371 g/mol. The van der Waals surface area contributed by atoms with Gasteiger partial charge in [0.25, 0.3) is 0 Å². The molecule has 3 aromatic rings. The molecule has 1 aliphatic heterocycles. The van der Waals surface area contributed by atoms with Crippen molar-refractivity contribution in [2.45, 2.75) is 6.23 Å². The normalized spacial score (nSPS) is 16.8. The van der Waals surface area contributed by atoms with Gasteiger partial charge in [-0.05, 0) is 52.3 Å². The maximum absolute atomic E-state index is 5.72. The van der Waals surface area contributed by atoms with Crippen LogP contribution >= 0.6 is 15.9 Å². The Morgan fingerprint density at radius 2 is 1.87 bits per heavy atom. The summed E-state index contributed by atoms with van der Waals surface area (Å²) in [6, 6.07) is 11.7. The second-order valence-corrected chi connectivity index (χ2v) is 5.99. The van der Waals surface area contributed by atoms with Crippen LogP contribution < -0.4 is 15.6 Å². The largest absolute Gasteiger partial charge is 0.473 e. The Kier molecular flexibility index (Phi) is 3.82. The fourth-order valence-corrected chi connectivity index (χ4v) is 2.79. The highest BCUT2D eigenvalue weighted by Crippen LogP contribution is 2.27. The molecule has 0 amide bonds. The van der Waals surface area contributed by atoms with Gasteiger partial charge in [0.2, 0.25) is 0 Å². The summed E-state index contributed by atoms with van der Waals surface area (Å²) in [5.41, 5.74) is 8.79. The number of hydrazine groups is 1. The Morgan fingerprint density at radius 1 is 1.13 bits per heavy atom. The number of benzene rings is 1. The van der Waals surface area contributed by atoms with E-state index in [0.29, 0.717) is 0 Å². The molecule has 0 saturated carbocycles. The minimum atomic E-state index is 0.0398. The van der Waals surface area contributed by atoms with Crippen LogP contribution in [0.2, 0.25) is 0 Å². The average molecular weight is 372 g/mol. The number of pyridine rings is 1. The zero-order valence-corrected chi connectivity index (χ0v) is 13.7. The number of rotatable bonds is 4. The predicted molar refractivity (Wildman–Crippen MR) is 90.0 cm³/mol. The molecule has 1 unspecified atom stereocenters. The second kappa shape index (κ2) is 6.11. The van der Waals surface area contributed by atoms with E-state index < -0.39 is 0 Å². The highest BCUT2D eigenvalue weighted by molar-refractivity contribution is 9.10. The summed E-state index contributed by atoms with van der Waals surface area (Å²) in [7, 11) is 0. The Labute approximate surface area is 141 Å². The Morgan fingerprint density at radius 3 is 2.52 bits per heavy atom. The van der Waals surface area contributed by atoms with Crippen LogP contribution in [0.5, 0.6) is 5.75 Å². The van der Waals surface area contributed by atoms with Gasteiger partial charge in [-0.1, -0.05) is 0 Å². The fourth-order valence-electron chi connectivity index (χ4n) is 2.29. The van der Waals surface area contributed by atoms with E-state index >= 15 is 0 Å². The van der Waals surface area contributed by atoms with Crippen molar-refractivity contribution < 1.29 is 4.74 Å². The molecule has 0 spiro atoms. The van der Waals surface area contributed by atoms with Crippen LogP contribution in [0, 0.1) is 0 Å². The maximum atomic E-state index is 5.72. The second-order valence-electron chi connectivity index (χ2n) is 5.13.